The molecule has 0 spiro atoms. The molecule has 1 aliphatic carbocycles. The maximum absolute atomic E-state index is 9.23. The van der Waals surface area contributed by atoms with Crippen molar-refractivity contribution < 1.29 is 2.74 Å². The Hall–Kier alpha value is -6.70. The van der Waals surface area contributed by atoms with Gasteiger partial charge in [-0.15, -0.1) is 0 Å². The van der Waals surface area contributed by atoms with E-state index < -0.39 is 0 Å². The topological polar surface area (TPSA) is 3.24 Å². The van der Waals surface area contributed by atoms with Gasteiger partial charge < -0.3 is 4.90 Å². The van der Waals surface area contributed by atoms with Crippen LogP contribution in [-0.4, -0.2) is 0 Å². The highest BCUT2D eigenvalue weighted by Gasteiger charge is 2.36. The number of hydrogen-bond acceptors (Lipinski definition) is 1. The van der Waals surface area contributed by atoms with Crippen molar-refractivity contribution in [1.29, 1.82) is 0 Å². The molecule has 0 amide bonds. The molecule has 0 heterocycles. The van der Waals surface area contributed by atoms with E-state index in [0.717, 1.165) is 39.3 Å². The van der Waals surface area contributed by atoms with Crippen molar-refractivity contribution in [3.63, 3.8) is 0 Å². The Balaban J connectivity index is 0.972. The van der Waals surface area contributed by atoms with Gasteiger partial charge in [-0.3, -0.25) is 0 Å². The summed E-state index contributed by atoms with van der Waals surface area (Å²) >= 11 is 0. The normalized spacial score (nSPS) is 14.0. The molecule has 9 aromatic rings. The Kier molecular flexibility index (Phi) is 7.05. The minimum Gasteiger partial charge on any atom is -0.310 e. The van der Waals surface area contributed by atoms with E-state index in [4.69, 9.17) is 1.37 Å². The average Bonchev–Trinajstić information content (AvgIpc) is 3.48. The highest BCUT2D eigenvalue weighted by atomic mass is 15.1. The maximum Gasteiger partial charge on any atom is 0.0629 e. The van der Waals surface area contributed by atoms with Gasteiger partial charge in [0, 0.05) is 22.5 Å². The fourth-order valence-electron chi connectivity index (χ4n) is 8.52. The molecule has 0 saturated heterocycles. The second kappa shape index (κ2) is 12.8. The molecule has 0 atom stereocenters. The molecule has 256 valence electrons. The van der Waals surface area contributed by atoms with E-state index in [1.165, 1.54) is 54.6 Å². The van der Waals surface area contributed by atoms with Crippen molar-refractivity contribution in [2.24, 2.45) is 0 Å². The maximum atomic E-state index is 9.23. The molecule has 0 saturated carbocycles. The molecule has 9 aromatic carbocycles. The van der Waals surface area contributed by atoms with E-state index >= 15 is 0 Å². The molecule has 0 unspecified atom stereocenters. The highest BCUT2D eigenvalue weighted by molar-refractivity contribution is 6.25. The molecular formula is C53H39N. The van der Waals surface area contributed by atoms with Gasteiger partial charge in [0.25, 0.3) is 0 Å². The summed E-state index contributed by atoms with van der Waals surface area (Å²) < 4.78 is 18.4. The quantitative estimate of drug-likeness (QED) is 0.124. The minimum atomic E-state index is -0.294. The fraction of sp³-hybridized carbons (Fsp3) is 0.0566. The zero-order valence-corrected chi connectivity index (χ0v) is 30.3. The summed E-state index contributed by atoms with van der Waals surface area (Å²) in [6.07, 6.45) is 0. The molecule has 0 bridgehead atoms. The summed E-state index contributed by atoms with van der Waals surface area (Å²) in [6.45, 7) is 4.54. The van der Waals surface area contributed by atoms with Gasteiger partial charge in [-0.1, -0.05) is 172 Å². The number of benzene rings is 9. The minimum absolute atomic E-state index is 0.212. The zero-order chi connectivity index (χ0) is 38.0. The van der Waals surface area contributed by atoms with Crippen LogP contribution in [0.5, 0.6) is 0 Å². The standard InChI is InChI=1S/C53H39N/c1-53(2)51-33-37(25-30-48(51)49-32-29-42(35-52(49)53)54(40-13-5-3-6-14-40)41-15-7-4-8-16-41)22-21-36-23-26-38(27-24-36)39-28-31-47-45-19-10-9-17-43(45)44-18-11-12-20-46(44)50(47)34-39/h3-35H,1-2H3/b22-21+/i21D,22D. The summed E-state index contributed by atoms with van der Waals surface area (Å²) in [6, 6.07) is 66.6. The molecule has 0 radical (unpaired) electrons. The third-order valence-corrected chi connectivity index (χ3v) is 11.3. The number of nitrogens with zero attached hydrogens (tertiary/aromatic N) is 1. The monoisotopic (exact) mass is 691 g/mol. The van der Waals surface area contributed by atoms with Crippen molar-refractivity contribution in [3.05, 3.63) is 210 Å². The summed E-state index contributed by atoms with van der Waals surface area (Å²) in [4.78, 5) is 2.30. The smallest absolute Gasteiger partial charge is 0.0629 e. The fourth-order valence-corrected chi connectivity index (χ4v) is 8.52. The van der Waals surface area contributed by atoms with Crippen LogP contribution in [0, 0.1) is 0 Å². The highest BCUT2D eigenvalue weighted by Crippen LogP contribution is 2.51. The largest absolute Gasteiger partial charge is 0.310 e. The van der Waals surface area contributed by atoms with Gasteiger partial charge in [0.15, 0.2) is 0 Å². The lowest BCUT2D eigenvalue weighted by molar-refractivity contribution is 0.660. The lowest BCUT2D eigenvalue weighted by atomic mass is 9.81. The first-order chi connectivity index (χ1) is 27.4. The predicted molar refractivity (Wildman–Crippen MR) is 232 cm³/mol. The molecule has 0 aromatic heterocycles. The first-order valence-corrected chi connectivity index (χ1v) is 18.7. The molecule has 54 heavy (non-hydrogen) atoms. The first kappa shape index (κ1) is 29.8. The van der Waals surface area contributed by atoms with Gasteiger partial charge in [-0.25, -0.2) is 0 Å². The van der Waals surface area contributed by atoms with Gasteiger partial charge in [0.2, 0.25) is 0 Å². The number of anilines is 3. The van der Waals surface area contributed by atoms with Crippen LogP contribution in [0.2, 0.25) is 0 Å². The second-order valence-corrected chi connectivity index (χ2v) is 14.8. The molecule has 0 aliphatic heterocycles. The number of rotatable bonds is 6. The van der Waals surface area contributed by atoms with Crippen LogP contribution >= 0.6 is 0 Å². The van der Waals surface area contributed by atoms with E-state index in [1.807, 2.05) is 30.3 Å². The summed E-state index contributed by atoms with van der Waals surface area (Å²) in [7, 11) is 0. The summed E-state index contributed by atoms with van der Waals surface area (Å²) in [5.74, 6) is 0. The van der Waals surface area contributed by atoms with E-state index in [2.05, 4.69) is 176 Å². The molecular weight excluding hydrogens is 651 g/mol. The molecule has 1 aliphatic rings. The molecule has 0 fully saturated rings. The molecule has 0 N–H and O–H groups in total. The van der Waals surface area contributed by atoms with E-state index in [1.54, 1.807) is 0 Å². The van der Waals surface area contributed by atoms with Crippen molar-refractivity contribution in [3.8, 4) is 22.3 Å². The van der Waals surface area contributed by atoms with Crippen LogP contribution in [0.25, 0.3) is 66.7 Å². The Bertz CT molecular complexity index is 2920. The van der Waals surface area contributed by atoms with Crippen molar-refractivity contribution >= 4 is 61.5 Å². The second-order valence-electron chi connectivity index (χ2n) is 14.8. The lowest BCUT2D eigenvalue weighted by Gasteiger charge is -2.28. The molecule has 1 heteroatoms. The molecule has 10 rings (SSSR count). The van der Waals surface area contributed by atoms with E-state index in [9.17, 15) is 1.37 Å². The molecule has 1 nitrogen and oxygen atoms in total. The van der Waals surface area contributed by atoms with Crippen LogP contribution in [0.15, 0.2) is 188 Å². The zero-order valence-electron chi connectivity index (χ0n) is 32.3. The third-order valence-electron chi connectivity index (χ3n) is 11.3. The number of hydrogen-bond donors (Lipinski definition) is 0. The van der Waals surface area contributed by atoms with Gasteiger partial charge in [-0.2, -0.15) is 0 Å². The van der Waals surface area contributed by atoms with Gasteiger partial charge >= 0.3 is 0 Å². The SMILES string of the molecule is [2H]/C(=C(/[2H])c1ccc2c(c1)C(C)(C)c1cc(N(c3ccccc3)c3ccccc3)ccc1-2)c1ccc(-c2ccc3c4ccccc4c4ccccc4c3c2)cc1. The summed E-state index contributed by atoms with van der Waals surface area (Å²) in [5, 5.41) is 7.52. The Morgan fingerprint density at radius 1 is 0.389 bits per heavy atom. The summed E-state index contributed by atoms with van der Waals surface area (Å²) in [5.41, 5.74) is 11.6. The lowest BCUT2D eigenvalue weighted by Crippen LogP contribution is -2.16. The third kappa shape index (κ3) is 5.32. The van der Waals surface area contributed by atoms with Gasteiger partial charge in [0.1, 0.15) is 0 Å². The van der Waals surface area contributed by atoms with Crippen LogP contribution in [-0.2, 0) is 5.41 Å². The van der Waals surface area contributed by atoms with Gasteiger partial charge in [0.05, 0.1) is 2.74 Å². The number of para-hydroxylation sites is 2. The number of fused-ring (bicyclic) bond motifs is 9. The van der Waals surface area contributed by atoms with E-state index in [0.29, 0.717) is 0 Å². The first-order valence-electron chi connectivity index (χ1n) is 19.7. The van der Waals surface area contributed by atoms with Crippen LogP contribution in [0.4, 0.5) is 17.1 Å². The predicted octanol–water partition coefficient (Wildman–Crippen LogP) is 14.8. The Morgan fingerprint density at radius 3 is 1.46 bits per heavy atom. The van der Waals surface area contributed by atoms with Gasteiger partial charge in [-0.05, 0) is 119 Å². The average molecular weight is 692 g/mol. The van der Waals surface area contributed by atoms with E-state index in [-0.39, 0.29) is 17.5 Å². The Morgan fingerprint density at radius 2 is 0.852 bits per heavy atom. The van der Waals surface area contributed by atoms with Crippen molar-refractivity contribution in [1.82, 2.24) is 0 Å². The van der Waals surface area contributed by atoms with Crippen LogP contribution in [0.1, 0.15) is 38.8 Å². The van der Waals surface area contributed by atoms with Crippen LogP contribution in [0.3, 0.4) is 0 Å². The van der Waals surface area contributed by atoms with Crippen molar-refractivity contribution in [2.45, 2.75) is 19.3 Å². The van der Waals surface area contributed by atoms with Crippen molar-refractivity contribution in [2.75, 3.05) is 4.90 Å². The van der Waals surface area contributed by atoms with Crippen LogP contribution < -0.4 is 4.90 Å². The Labute approximate surface area is 319 Å².